The molecule has 0 aliphatic heterocycles. The number of halogens is 1. The van der Waals surface area contributed by atoms with Crippen LogP contribution in [-0.4, -0.2) is 9.78 Å². The first-order valence-electron chi connectivity index (χ1n) is 6.23. The van der Waals surface area contributed by atoms with Crippen molar-refractivity contribution in [1.29, 1.82) is 0 Å². The van der Waals surface area contributed by atoms with Crippen molar-refractivity contribution in [2.45, 2.75) is 13.2 Å². The molecule has 0 amide bonds. The van der Waals surface area contributed by atoms with Crippen molar-refractivity contribution in [1.82, 2.24) is 9.78 Å². The van der Waals surface area contributed by atoms with E-state index in [2.05, 4.69) is 11.2 Å². The molecule has 20 heavy (non-hydrogen) atoms. The molecule has 0 fully saturated rings. The number of aromatic nitrogens is 2. The third-order valence-corrected chi connectivity index (χ3v) is 4.11. The molecule has 0 aliphatic carbocycles. The number of hydrogen-bond acceptors (Lipinski definition) is 3. The van der Waals surface area contributed by atoms with E-state index in [1.54, 1.807) is 22.2 Å². The highest BCUT2D eigenvalue weighted by Gasteiger charge is 2.10. The lowest BCUT2D eigenvalue weighted by Gasteiger charge is -2.05. The monoisotopic (exact) mass is 304 g/mol. The highest BCUT2D eigenvalue weighted by Crippen LogP contribution is 2.26. The lowest BCUT2D eigenvalue weighted by atomic mass is 10.2. The average Bonchev–Trinajstić information content (AvgIpc) is 3.10. The summed E-state index contributed by atoms with van der Waals surface area (Å²) in [5, 5.41) is 6.85. The molecule has 0 radical (unpaired) electrons. The summed E-state index contributed by atoms with van der Waals surface area (Å²) in [7, 11) is 0. The van der Waals surface area contributed by atoms with E-state index in [0.717, 1.165) is 5.56 Å². The molecule has 0 N–H and O–H groups in total. The van der Waals surface area contributed by atoms with Crippen LogP contribution in [0, 0.1) is 0 Å². The molecule has 0 unspecified atom stereocenters. The lowest BCUT2D eigenvalue weighted by Crippen LogP contribution is -2.00. The van der Waals surface area contributed by atoms with Gasteiger partial charge in [0.2, 0.25) is 0 Å². The van der Waals surface area contributed by atoms with E-state index in [0.29, 0.717) is 24.1 Å². The summed E-state index contributed by atoms with van der Waals surface area (Å²) in [6.07, 6.45) is 1.67. The SMILES string of the molecule is Clc1c(OCc2ccccc2)cnn1Cc1cccs1. The maximum absolute atomic E-state index is 6.29. The van der Waals surface area contributed by atoms with E-state index in [1.807, 2.05) is 41.8 Å². The summed E-state index contributed by atoms with van der Waals surface area (Å²) in [4.78, 5) is 1.21. The standard InChI is InChI=1S/C15H13ClN2OS/c16-15-14(19-11-12-5-2-1-3-6-12)9-17-18(15)10-13-7-4-8-20-13/h1-9H,10-11H2. The molecule has 1 aromatic carbocycles. The molecule has 3 aromatic rings. The summed E-state index contributed by atoms with van der Waals surface area (Å²) in [6.45, 7) is 1.16. The van der Waals surface area contributed by atoms with Crippen LogP contribution in [0.1, 0.15) is 10.4 Å². The van der Waals surface area contributed by atoms with Gasteiger partial charge in [-0.25, -0.2) is 4.68 Å². The smallest absolute Gasteiger partial charge is 0.176 e. The summed E-state index contributed by atoms with van der Waals surface area (Å²) in [5.74, 6) is 0.618. The van der Waals surface area contributed by atoms with Crippen LogP contribution in [0.15, 0.2) is 54.0 Å². The number of thiophene rings is 1. The molecular weight excluding hydrogens is 292 g/mol. The second kappa shape index (κ2) is 6.11. The Bertz CT molecular complexity index is 665. The Labute approximate surface area is 126 Å². The van der Waals surface area contributed by atoms with Crippen LogP contribution < -0.4 is 4.74 Å². The molecule has 0 aliphatic rings. The van der Waals surface area contributed by atoms with Gasteiger partial charge >= 0.3 is 0 Å². The molecule has 0 bridgehead atoms. The van der Waals surface area contributed by atoms with E-state index < -0.39 is 0 Å². The van der Waals surface area contributed by atoms with Gasteiger partial charge in [-0.15, -0.1) is 11.3 Å². The summed E-state index contributed by atoms with van der Waals surface area (Å²) in [6, 6.07) is 14.1. The topological polar surface area (TPSA) is 27.1 Å². The molecule has 2 heterocycles. The third-order valence-electron chi connectivity index (χ3n) is 2.87. The van der Waals surface area contributed by atoms with Gasteiger partial charge < -0.3 is 4.74 Å². The van der Waals surface area contributed by atoms with Crippen LogP contribution >= 0.6 is 22.9 Å². The Morgan fingerprint density at radius 1 is 1.15 bits per heavy atom. The lowest BCUT2D eigenvalue weighted by molar-refractivity contribution is 0.306. The molecular formula is C15H13ClN2OS. The fourth-order valence-corrected chi connectivity index (χ4v) is 2.74. The van der Waals surface area contributed by atoms with Crippen LogP contribution in [0.25, 0.3) is 0 Å². The maximum atomic E-state index is 6.29. The number of benzene rings is 1. The Balaban J connectivity index is 1.67. The van der Waals surface area contributed by atoms with Gasteiger partial charge in [-0.3, -0.25) is 0 Å². The Hall–Kier alpha value is -1.78. The van der Waals surface area contributed by atoms with Gasteiger partial charge in [0.15, 0.2) is 10.9 Å². The zero-order valence-electron chi connectivity index (χ0n) is 10.7. The molecule has 0 spiro atoms. The van der Waals surface area contributed by atoms with Gasteiger partial charge in [0.05, 0.1) is 12.7 Å². The molecule has 3 nitrogen and oxygen atoms in total. The summed E-state index contributed by atoms with van der Waals surface area (Å²) >= 11 is 7.97. The van der Waals surface area contributed by atoms with E-state index in [1.165, 1.54) is 4.88 Å². The highest BCUT2D eigenvalue weighted by molar-refractivity contribution is 7.09. The van der Waals surface area contributed by atoms with Gasteiger partial charge in [0.25, 0.3) is 0 Å². The number of rotatable bonds is 5. The van der Waals surface area contributed by atoms with Crippen LogP contribution in [0.4, 0.5) is 0 Å². The van der Waals surface area contributed by atoms with E-state index in [9.17, 15) is 0 Å². The number of nitrogens with zero attached hydrogens (tertiary/aromatic N) is 2. The van der Waals surface area contributed by atoms with Gasteiger partial charge in [-0.1, -0.05) is 48.0 Å². The van der Waals surface area contributed by atoms with Crippen molar-refractivity contribution in [3.8, 4) is 5.75 Å². The van der Waals surface area contributed by atoms with Gasteiger partial charge in [0, 0.05) is 4.88 Å². The predicted octanol–water partition coefficient (Wildman–Crippen LogP) is 4.23. The molecule has 2 aromatic heterocycles. The quantitative estimate of drug-likeness (QED) is 0.705. The fraction of sp³-hybridized carbons (Fsp3) is 0.133. The zero-order chi connectivity index (χ0) is 13.8. The van der Waals surface area contributed by atoms with Crippen molar-refractivity contribution in [2.75, 3.05) is 0 Å². The first-order chi connectivity index (χ1) is 9.83. The van der Waals surface area contributed by atoms with Gasteiger partial charge in [-0.05, 0) is 17.0 Å². The first-order valence-corrected chi connectivity index (χ1v) is 7.49. The van der Waals surface area contributed by atoms with Gasteiger partial charge in [0.1, 0.15) is 6.61 Å². The first kappa shape index (κ1) is 13.2. The highest BCUT2D eigenvalue weighted by atomic mass is 35.5. The molecule has 0 saturated heterocycles. The van der Waals surface area contributed by atoms with Crippen molar-refractivity contribution in [3.05, 3.63) is 69.6 Å². The minimum Gasteiger partial charge on any atom is -0.484 e. The van der Waals surface area contributed by atoms with E-state index in [4.69, 9.17) is 16.3 Å². The third kappa shape index (κ3) is 3.03. The molecule has 0 atom stereocenters. The van der Waals surface area contributed by atoms with E-state index >= 15 is 0 Å². The Kier molecular flexibility index (Phi) is 4.04. The average molecular weight is 305 g/mol. The predicted molar refractivity (Wildman–Crippen MR) is 81.4 cm³/mol. The normalized spacial score (nSPS) is 10.7. The summed E-state index contributed by atoms with van der Waals surface area (Å²) in [5.41, 5.74) is 1.11. The summed E-state index contributed by atoms with van der Waals surface area (Å²) < 4.78 is 7.45. The van der Waals surface area contributed by atoms with Crippen molar-refractivity contribution < 1.29 is 4.74 Å². The largest absolute Gasteiger partial charge is 0.484 e. The van der Waals surface area contributed by atoms with Crippen LogP contribution in [0.3, 0.4) is 0 Å². The van der Waals surface area contributed by atoms with Crippen molar-refractivity contribution >= 4 is 22.9 Å². The number of ether oxygens (including phenoxy) is 1. The van der Waals surface area contributed by atoms with Crippen molar-refractivity contribution in [2.24, 2.45) is 0 Å². The van der Waals surface area contributed by atoms with Crippen molar-refractivity contribution in [3.63, 3.8) is 0 Å². The minimum absolute atomic E-state index is 0.491. The second-order valence-corrected chi connectivity index (χ2v) is 5.70. The fourth-order valence-electron chi connectivity index (χ4n) is 1.85. The maximum Gasteiger partial charge on any atom is 0.176 e. The number of hydrogen-bond donors (Lipinski definition) is 0. The van der Waals surface area contributed by atoms with Crippen LogP contribution in [-0.2, 0) is 13.2 Å². The van der Waals surface area contributed by atoms with Crippen LogP contribution in [0.5, 0.6) is 5.75 Å². The Morgan fingerprint density at radius 3 is 2.75 bits per heavy atom. The van der Waals surface area contributed by atoms with Gasteiger partial charge in [-0.2, -0.15) is 5.10 Å². The second-order valence-electron chi connectivity index (χ2n) is 4.31. The molecule has 3 rings (SSSR count). The minimum atomic E-state index is 0.491. The molecule has 102 valence electrons. The molecule has 0 saturated carbocycles. The molecule has 5 heteroatoms. The van der Waals surface area contributed by atoms with Crippen LogP contribution in [0.2, 0.25) is 5.15 Å². The zero-order valence-corrected chi connectivity index (χ0v) is 12.3. The van der Waals surface area contributed by atoms with E-state index in [-0.39, 0.29) is 0 Å². The Morgan fingerprint density at radius 2 is 2.00 bits per heavy atom.